The smallest absolute Gasteiger partial charge is 0.328 e. The third kappa shape index (κ3) is 10.3. The van der Waals surface area contributed by atoms with Crippen LogP contribution in [0.25, 0.3) is 10.9 Å². The summed E-state index contributed by atoms with van der Waals surface area (Å²) in [5, 5.41) is 30.6. The van der Waals surface area contributed by atoms with Gasteiger partial charge in [0.2, 0.25) is 5.88 Å². The molecular weight excluding hydrogens is 476 g/mol. The Bertz CT molecular complexity index is 1170. The van der Waals surface area contributed by atoms with Crippen molar-refractivity contribution in [3.8, 4) is 11.6 Å². The summed E-state index contributed by atoms with van der Waals surface area (Å²) < 4.78 is 11.0. The van der Waals surface area contributed by atoms with E-state index in [0.717, 1.165) is 29.3 Å². The van der Waals surface area contributed by atoms with Gasteiger partial charge in [0.15, 0.2) is 0 Å². The van der Waals surface area contributed by atoms with Gasteiger partial charge in [0, 0.05) is 36.2 Å². The number of ether oxygens (including phenoxy) is 2. The molecule has 2 aromatic carbocycles. The lowest BCUT2D eigenvalue weighted by Gasteiger charge is -2.18. The molecule has 9 nitrogen and oxygen atoms in total. The van der Waals surface area contributed by atoms with E-state index in [1.165, 1.54) is 5.56 Å². The molecule has 0 bridgehead atoms. The van der Waals surface area contributed by atoms with Crippen LogP contribution >= 0.6 is 0 Å². The monoisotopic (exact) mass is 510 g/mol. The van der Waals surface area contributed by atoms with Gasteiger partial charge in [-0.3, -0.25) is 0 Å². The van der Waals surface area contributed by atoms with Crippen LogP contribution in [0.1, 0.15) is 37.5 Å². The zero-order chi connectivity index (χ0) is 27.2. The second-order valence-corrected chi connectivity index (χ2v) is 8.23. The van der Waals surface area contributed by atoms with E-state index in [2.05, 4.69) is 41.5 Å². The molecule has 9 heteroatoms. The molecule has 0 fully saturated rings. The van der Waals surface area contributed by atoms with E-state index in [0.29, 0.717) is 43.0 Å². The largest absolute Gasteiger partial charge is 0.496 e. The lowest BCUT2D eigenvalue weighted by molar-refractivity contribution is -0.134. The van der Waals surface area contributed by atoms with E-state index >= 15 is 0 Å². The Morgan fingerprint density at radius 1 is 1.05 bits per heavy atom. The normalized spacial score (nSPS) is 12.4. The fraction of sp³-hybridized carbons (Fsp3) is 0.321. The number of aliphatic carboxylic acids is 2. The Hall–Kier alpha value is -3.95. The first kappa shape index (κ1) is 29.3. The van der Waals surface area contributed by atoms with E-state index in [1.54, 1.807) is 13.2 Å². The van der Waals surface area contributed by atoms with Gasteiger partial charge in [-0.1, -0.05) is 36.4 Å². The molecule has 1 aromatic heterocycles. The Kier molecular flexibility index (Phi) is 12.0. The molecule has 0 aliphatic carbocycles. The molecule has 1 heterocycles. The van der Waals surface area contributed by atoms with Crippen molar-refractivity contribution in [1.82, 2.24) is 10.3 Å². The number of fused-ring (bicyclic) bond motifs is 1. The van der Waals surface area contributed by atoms with Crippen LogP contribution in [0, 0.1) is 0 Å². The van der Waals surface area contributed by atoms with E-state index in [4.69, 9.17) is 19.7 Å². The number of hydrogen-bond acceptors (Lipinski definition) is 7. The molecule has 2 unspecified atom stereocenters. The average Bonchev–Trinajstić information content (AvgIpc) is 2.89. The highest BCUT2D eigenvalue weighted by Gasteiger charge is 2.13. The van der Waals surface area contributed by atoms with Gasteiger partial charge in [0.25, 0.3) is 0 Å². The van der Waals surface area contributed by atoms with Gasteiger partial charge in [-0.2, -0.15) is 0 Å². The molecule has 0 radical (unpaired) electrons. The first-order valence-corrected chi connectivity index (χ1v) is 11.9. The van der Waals surface area contributed by atoms with Crippen molar-refractivity contribution in [3.05, 3.63) is 77.9 Å². The number of aliphatic hydroxyl groups excluding tert-OH is 1. The van der Waals surface area contributed by atoms with Crippen molar-refractivity contribution >= 4 is 22.8 Å². The second kappa shape index (κ2) is 15.2. The van der Waals surface area contributed by atoms with Crippen molar-refractivity contribution in [3.63, 3.8) is 0 Å². The molecule has 0 aliphatic heterocycles. The van der Waals surface area contributed by atoms with Gasteiger partial charge in [0.05, 0.1) is 25.3 Å². The van der Waals surface area contributed by atoms with Crippen molar-refractivity contribution < 1.29 is 34.4 Å². The number of benzene rings is 2. The first-order chi connectivity index (χ1) is 17.7. The van der Waals surface area contributed by atoms with Gasteiger partial charge in [-0.15, -0.1) is 0 Å². The quantitative estimate of drug-likeness (QED) is 0.266. The van der Waals surface area contributed by atoms with Gasteiger partial charge >= 0.3 is 11.9 Å². The van der Waals surface area contributed by atoms with Crippen LogP contribution in [-0.4, -0.2) is 58.5 Å². The lowest BCUT2D eigenvalue weighted by Crippen LogP contribution is -2.30. The predicted molar refractivity (Wildman–Crippen MR) is 141 cm³/mol. The third-order valence-electron chi connectivity index (χ3n) is 5.41. The molecular formula is C28H34N2O7. The molecule has 2 atom stereocenters. The van der Waals surface area contributed by atoms with Crippen LogP contribution in [0.5, 0.6) is 11.6 Å². The molecule has 198 valence electrons. The highest BCUT2D eigenvalue weighted by Crippen LogP contribution is 2.30. The van der Waals surface area contributed by atoms with Crippen molar-refractivity contribution in [2.24, 2.45) is 0 Å². The average molecular weight is 511 g/mol. The Balaban J connectivity index is 0.000000521. The number of aryl methyl sites for hydroxylation is 1. The van der Waals surface area contributed by atoms with E-state index in [-0.39, 0.29) is 0 Å². The van der Waals surface area contributed by atoms with E-state index in [9.17, 15) is 14.7 Å². The minimum atomic E-state index is -1.26. The zero-order valence-electron chi connectivity index (χ0n) is 21.3. The SMILES string of the molecule is CCOc1cc(OC)c2cc(C(O)CNC(C)CCc3ccccc3)ccc2n1.O=C(O)C=CC(=O)O. The van der Waals surface area contributed by atoms with E-state index in [1.807, 2.05) is 31.2 Å². The molecule has 0 saturated carbocycles. The number of carboxylic acid groups (broad SMARTS) is 2. The summed E-state index contributed by atoms with van der Waals surface area (Å²) >= 11 is 0. The van der Waals surface area contributed by atoms with Crippen LogP contribution in [0.2, 0.25) is 0 Å². The topological polar surface area (TPSA) is 138 Å². The summed E-state index contributed by atoms with van der Waals surface area (Å²) in [6, 6.07) is 18.3. The molecule has 37 heavy (non-hydrogen) atoms. The number of pyridine rings is 1. The van der Waals surface area contributed by atoms with Crippen LogP contribution < -0.4 is 14.8 Å². The van der Waals surface area contributed by atoms with Gasteiger partial charge in [0.1, 0.15) is 5.75 Å². The number of aliphatic hydroxyl groups is 1. The Labute approximate surface area is 216 Å². The molecule has 0 saturated heterocycles. The number of hydrogen-bond donors (Lipinski definition) is 4. The van der Waals surface area contributed by atoms with E-state index < -0.39 is 18.0 Å². The fourth-order valence-corrected chi connectivity index (χ4v) is 3.49. The Morgan fingerprint density at radius 3 is 2.32 bits per heavy atom. The first-order valence-electron chi connectivity index (χ1n) is 11.9. The maximum absolute atomic E-state index is 10.7. The maximum Gasteiger partial charge on any atom is 0.328 e. The standard InChI is InChI=1S/C24H30N2O3.C4H4O4/c1-4-29-24-15-23(28-3)20-14-19(12-13-21(20)26-24)22(27)16-25-17(2)10-11-18-8-6-5-7-9-18;5-3(6)1-2-4(7)8/h5-9,12-15,17,22,25,27H,4,10-11,16H2,1-3H3;1-2H,(H,5,6)(H,7,8). The zero-order valence-corrected chi connectivity index (χ0v) is 21.3. The van der Waals surface area contributed by atoms with Crippen LogP contribution in [0.3, 0.4) is 0 Å². The van der Waals surface area contributed by atoms with Gasteiger partial charge in [-0.25, -0.2) is 14.6 Å². The van der Waals surface area contributed by atoms with Crippen molar-refractivity contribution in [2.75, 3.05) is 20.3 Å². The minimum absolute atomic E-state index is 0.315. The molecule has 0 spiro atoms. The molecule has 0 amide bonds. The number of nitrogens with zero attached hydrogens (tertiary/aromatic N) is 1. The van der Waals surface area contributed by atoms with Crippen LogP contribution in [0.15, 0.2) is 66.7 Å². The van der Waals surface area contributed by atoms with Crippen LogP contribution in [0.4, 0.5) is 0 Å². The number of rotatable bonds is 12. The molecule has 3 aromatic rings. The predicted octanol–water partition coefficient (Wildman–Crippen LogP) is 4.00. The number of methoxy groups -OCH3 is 1. The number of nitrogens with one attached hydrogen (secondary N) is 1. The minimum Gasteiger partial charge on any atom is -0.496 e. The van der Waals surface area contributed by atoms with Gasteiger partial charge in [-0.05, 0) is 49.9 Å². The number of aromatic nitrogens is 1. The summed E-state index contributed by atoms with van der Waals surface area (Å²) in [5.41, 5.74) is 2.96. The Morgan fingerprint density at radius 2 is 1.73 bits per heavy atom. The lowest BCUT2D eigenvalue weighted by atomic mass is 10.0. The summed E-state index contributed by atoms with van der Waals surface area (Å²) in [5.74, 6) is -1.28. The number of carbonyl (C=O) groups is 2. The summed E-state index contributed by atoms with van der Waals surface area (Å²) in [6.07, 6.45) is 2.55. The van der Waals surface area contributed by atoms with Crippen LogP contribution in [-0.2, 0) is 16.0 Å². The summed E-state index contributed by atoms with van der Waals surface area (Å²) in [7, 11) is 1.63. The third-order valence-corrected chi connectivity index (χ3v) is 5.41. The van der Waals surface area contributed by atoms with Crippen molar-refractivity contribution in [2.45, 2.75) is 38.8 Å². The fourth-order valence-electron chi connectivity index (χ4n) is 3.49. The summed E-state index contributed by atoms with van der Waals surface area (Å²) in [6.45, 7) is 5.12. The number of carboxylic acids is 2. The molecule has 3 rings (SSSR count). The van der Waals surface area contributed by atoms with Crippen molar-refractivity contribution in [1.29, 1.82) is 0 Å². The summed E-state index contributed by atoms with van der Waals surface area (Å²) in [4.78, 5) is 23.6. The highest BCUT2D eigenvalue weighted by atomic mass is 16.5. The molecule has 0 aliphatic rings. The second-order valence-electron chi connectivity index (χ2n) is 8.23. The maximum atomic E-state index is 10.7. The van der Waals surface area contributed by atoms with Gasteiger partial charge < -0.3 is 30.1 Å². The highest BCUT2D eigenvalue weighted by molar-refractivity contribution is 5.89. The molecule has 4 N–H and O–H groups in total.